The third kappa shape index (κ3) is 42.8. The zero-order valence-electron chi connectivity index (χ0n) is 37.3. The van der Waals surface area contributed by atoms with E-state index in [0.29, 0.717) is 49.6 Å². The van der Waals surface area contributed by atoms with Crippen LogP contribution in [0.3, 0.4) is 0 Å². The lowest BCUT2D eigenvalue weighted by atomic mass is 10.1. The molecular weight excluding hydrogens is 766 g/mol. The van der Waals surface area contributed by atoms with E-state index < -0.39 is 38.6 Å². The molecule has 0 amide bonds. The predicted molar refractivity (Wildman–Crippen MR) is 241 cm³/mol. The number of allylic oxidation sites excluding steroid dienone is 14. The molecule has 0 aliphatic rings. The Morgan fingerprint density at radius 2 is 1.19 bits per heavy atom. The van der Waals surface area contributed by atoms with Crippen molar-refractivity contribution in [3.05, 3.63) is 97.2 Å². The highest BCUT2D eigenvalue weighted by molar-refractivity contribution is 7.45. The van der Waals surface area contributed by atoms with Gasteiger partial charge in [-0.05, 0) is 77.0 Å². The molecule has 0 heterocycles. The topological polar surface area (TPSA) is 131 Å². The number of carbonyl (C=O) groups is 2. The molecule has 10 nitrogen and oxygen atoms in total. The summed E-state index contributed by atoms with van der Waals surface area (Å²) in [6, 6.07) is 0. The second-order valence-corrected chi connectivity index (χ2v) is 16.9. The van der Waals surface area contributed by atoms with E-state index in [1.807, 2.05) is 69.8 Å². The Labute approximate surface area is 358 Å². The molecule has 0 fully saturated rings. The molecule has 0 saturated heterocycles. The van der Waals surface area contributed by atoms with Gasteiger partial charge in [0.15, 0.2) is 6.10 Å². The van der Waals surface area contributed by atoms with Crippen molar-refractivity contribution < 1.29 is 47.2 Å². The van der Waals surface area contributed by atoms with E-state index in [9.17, 15) is 24.2 Å². The number of phosphoric ester groups is 1. The van der Waals surface area contributed by atoms with Gasteiger partial charge in [0, 0.05) is 12.8 Å². The molecule has 0 saturated carbocycles. The minimum atomic E-state index is -4.67. The lowest BCUT2D eigenvalue weighted by Crippen LogP contribution is -2.37. The zero-order chi connectivity index (χ0) is 43.7. The van der Waals surface area contributed by atoms with Gasteiger partial charge in [0.2, 0.25) is 0 Å². The molecule has 3 atom stereocenters. The molecule has 11 heteroatoms. The van der Waals surface area contributed by atoms with Gasteiger partial charge in [-0.3, -0.25) is 14.2 Å². The standard InChI is InChI=1S/C48H80NO9P/c1-6-8-10-12-14-15-16-17-18-19-20-21-22-23-27-31-35-39-47(51)55-43-46(44-57-59(53,54)56-42-41-49(3,4)5)58-48(52)40-36-32-28-25-24-26-30-34-38-45(50)37-33-29-13-11-9-7-2/h9,11,17-18,20-21,23,25-30,33-34,38,45-46,50H,6-8,10,12-16,19,22,24,31-32,35-37,39-44H2,1-5H3/b11-9-,18-17-,21-20-,27-23-,28-25-,30-26-,33-29-,38-34+/t45?,46-/m1/s1. The van der Waals surface area contributed by atoms with Crippen LogP contribution in [0, 0.1) is 0 Å². The summed E-state index contributed by atoms with van der Waals surface area (Å²) in [5.74, 6) is -1.01. The van der Waals surface area contributed by atoms with Gasteiger partial charge >= 0.3 is 11.9 Å². The van der Waals surface area contributed by atoms with Gasteiger partial charge in [0.1, 0.15) is 19.8 Å². The van der Waals surface area contributed by atoms with E-state index >= 15 is 0 Å². The molecule has 0 aliphatic heterocycles. The molecular formula is C48H80NO9P. The SMILES string of the molecule is CC/C=C\C/C=C\CC(O)/C=C/C=C\C/C=C\CCCC(=O)O[C@H](COC(=O)CCC/C=C\C/C=C\C/C=C\CCCCCCCC)COP(=O)([O-])OCC[N+](C)(C)C. The first-order chi connectivity index (χ1) is 28.4. The number of likely N-dealkylation sites (N-methyl/N-ethyl adjacent to an activating group) is 1. The third-order valence-electron chi connectivity index (χ3n) is 8.67. The van der Waals surface area contributed by atoms with Crippen LogP contribution in [-0.2, 0) is 32.7 Å². The van der Waals surface area contributed by atoms with E-state index in [0.717, 1.165) is 32.1 Å². The van der Waals surface area contributed by atoms with Crippen LogP contribution < -0.4 is 4.89 Å². The number of aliphatic hydroxyl groups excluding tert-OH is 1. The summed E-state index contributed by atoms with van der Waals surface area (Å²) >= 11 is 0. The van der Waals surface area contributed by atoms with Gasteiger partial charge < -0.3 is 33.0 Å². The predicted octanol–water partition coefficient (Wildman–Crippen LogP) is 10.9. The number of hydrogen-bond acceptors (Lipinski definition) is 9. The van der Waals surface area contributed by atoms with Gasteiger partial charge in [-0.25, -0.2) is 0 Å². The van der Waals surface area contributed by atoms with E-state index in [4.69, 9.17) is 18.5 Å². The number of nitrogens with zero attached hydrogens (tertiary/aromatic N) is 1. The average molecular weight is 846 g/mol. The first-order valence-corrected chi connectivity index (χ1v) is 23.5. The maximum absolute atomic E-state index is 12.7. The van der Waals surface area contributed by atoms with Crippen LogP contribution in [0.1, 0.15) is 136 Å². The van der Waals surface area contributed by atoms with Crippen molar-refractivity contribution in [1.82, 2.24) is 0 Å². The van der Waals surface area contributed by atoms with Crippen molar-refractivity contribution in [3.63, 3.8) is 0 Å². The number of rotatable bonds is 38. The van der Waals surface area contributed by atoms with Crippen LogP contribution in [0.15, 0.2) is 97.2 Å². The van der Waals surface area contributed by atoms with Crippen LogP contribution >= 0.6 is 7.82 Å². The van der Waals surface area contributed by atoms with E-state index in [-0.39, 0.29) is 26.1 Å². The van der Waals surface area contributed by atoms with Crippen molar-refractivity contribution in [2.45, 2.75) is 148 Å². The first kappa shape index (κ1) is 55.9. The quantitative estimate of drug-likeness (QED) is 0.0161. The van der Waals surface area contributed by atoms with E-state index in [2.05, 4.69) is 56.4 Å². The Morgan fingerprint density at radius 3 is 1.81 bits per heavy atom. The van der Waals surface area contributed by atoms with Crippen molar-refractivity contribution in [3.8, 4) is 0 Å². The Hall–Kier alpha value is -3.11. The molecule has 0 bridgehead atoms. The zero-order valence-corrected chi connectivity index (χ0v) is 38.2. The molecule has 59 heavy (non-hydrogen) atoms. The second-order valence-electron chi connectivity index (χ2n) is 15.5. The smallest absolute Gasteiger partial charge is 0.306 e. The van der Waals surface area contributed by atoms with Gasteiger partial charge in [-0.15, -0.1) is 0 Å². The molecule has 0 radical (unpaired) electrons. The Kier molecular flexibility index (Phi) is 37.0. The summed E-state index contributed by atoms with van der Waals surface area (Å²) in [5, 5.41) is 10.0. The summed E-state index contributed by atoms with van der Waals surface area (Å²) in [6.45, 7) is 3.86. The summed E-state index contributed by atoms with van der Waals surface area (Å²) in [6.07, 6.45) is 47.7. The number of ether oxygens (including phenoxy) is 2. The van der Waals surface area contributed by atoms with Crippen LogP contribution in [0.4, 0.5) is 0 Å². The van der Waals surface area contributed by atoms with Crippen LogP contribution in [0.5, 0.6) is 0 Å². The summed E-state index contributed by atoms with van der Waals surface area (Å²) < 4.78 is 33.7. The highest BCUT2D eigenvalue weighted by atomic mass is 31.2. The Bertz CT molecular complexity index is 1340. The lowest BCUT2D eigenvalue weighted by molar-refractivity contribution is -0.870. The largest absolute Gasteiger partial charge is 0.756 e. The van der Waals surface area contributed by atoms with Crippen molar-refractivity contribution in [2.75, 3.05) is 47.5 Å². The number of carbonyl (C=O) groups excluding carboxylic acids is 2. The molecule has 0 aromatic carbocycles. The van der Waals surface area contributed by atoms with Crippen molar-refractivity contribution >= 4 is 19.8 Å². The normalized spacial score (nSPS) is 15.0. The molecule has 2 unspecified atom stereocenters. The van der Waals surface area contributed by atoms with Crippen molar-refractivity contribution in [1.29, 1.82) is 0 Å². The highest BCUT2D eigenvalue weighted by Gasteiger charge is 2.21. The van der Waals surface area contributed by atoms with Gasteiger partial charge in [0.25, 0.3) is 7.82 Å². The monoisotopic (exact) mass is 846 g/mol. The number of quaternary nitrogens is 1. The summed E-state index contributed by atoms with van der Waals surface area (Å²) in [5.41, 5.74) is 0. The Morgan fingerprint density at radius 1 is 0.644 bits per heavy atom. The fraction of sp³-hybridized carbons (Fsp3) is 0.625. The summed E-state index contributed by atoms with van der Waals surface area (Å²) in [4.78, 5) is 37.5. The number of hydrogen-bond donors (Lipinski definition) is 1. The number of esters is 2. The molecule has 0 spiro atoms. The molecule has 0 aromatic heterocycles. The molecule has 336 valence electrons. The van der Waals surface area contributed by atoms with Crippen molar-refractivity contribution in [2.24, 2.45) is 0 Å². The van der Waals surface area contributed by atoms with Crippen LogP contribution in [0.2, 0.25) is 0 Å². The fourth-order valence-corrected chi connectivity index (χ4v) is 5.93. The minimum Gasteiger partial charge on any atom is -0.756 e. The number of phosphoric acid groups is 1. The highest BCUT2D eigenvalue weighted by Crippen LogP contribution is 2.38. The first-order valence-electron chi connectivity index (χ1n) is 22.1. The lowest BCUT2D eigenvalue weighted by Gasteiger charge is -2.28. The number of unbranched alkanes of at least 4 members (excludes halogenated alkanes) is 8. The minimum absolute atomic E-state index is 0.0657. The van der Waals surface area contributed by atoms with E-state index in [1.165, 1.54) is 38.5 Å². The fourth-order valence-electron chi connectivity index (χ4n) is 5.20. The van der Waals surface area contributed by atoms with Crippen LogP contribution in [-0.4, -0.2) is 81.2 Å². The maximum atomic E-state index is 12.7. The third-order valence-corrected chi connectivity index (χ3v) is 9.63. The molecule has 0 aromatic rings. The molecule has 0 aliphatic carbocycles. The second kappa shape index (κ2) is 39.1. The molecule has 0 rings (SSSR count). The van der Waals surface area contributed by atoms with Gasteiger partial charge in [-0.1, -0.05) is 143 Å². The van der Waals surface area contributed by atoms with Crippen LogP contribution in [0.25, 0.3) is 0 Å². The summed E-state index contributed by atoms with van der Waals surface area (Å²) in [7, 11) is 1.05. The number of aliphatic hydroxyl groups is 1. The van der Waals surface area contributed by atoms with Gasteiger partial charge in [-0.2, -0.15) is 0 Å². The molecule has 1 N–H and O–H groups in total. The van der Waals surface area contributed by atoms with Gasteiger partial charge in [0.05, 0.1) is 33.9 Å². The average Bonchev–Trinajstić information content (AvgIpc) is 3.18. The van der Waals surface area contributed by atoms with E-state index in [1.54, 1.807) is 6.08 Å². The maximum Gasteiger partial charge on any atom is 0.306 e. The Balaban J connectivity index is 4.63.